The Morgan fingerprint density at radius 2 is 0.477 bits per heavy atom. The van der Waals surface area contributed by atoms with Gasteiger partial charge in [0.25, 0.3) is 0 Å². The van der Waals surface area contributed by atoms with Gasteiger partial charge in [-0.2, -0.15) is 0 Å². The molecule has 1 saturated carbocycles. The number of aliphatic hydroxyl groups excluding tert-OH is 28. The van der Waals surface area contributed by atoms with Crippen LogP contribution in [-0.2, 0) is 85.3 Å². The third kappa shape index (κ3) is 19.2. The number of ether oxygens (including phenoxy) is 18. The van der Waals surface area contributed by atoms with Crippen molar-refractivity contribution in [2.24, 2.45) is 5.11 Å². The Labute approximate surface area is 616 Å². The highest BCUT2D eigenvalue weighted by Crippen LogP contribution is 2.40. The second-order valence-corrected chi connectivity index (χ2v) is 28.0. The van der Waals surface area contributed by atoms with Gasteiger partial charge in [-0.05, 0) is 31.2 Å². The van der Waals surface area contributed by atoms with Crippen LogP contribution in [0.25, 0.3) is 10.4 Å². The second-order valence-electron chi connectivity index (χ2n) is 28.0. The normalized spacial score (nSPS) is 52.3. The van der Waals surface area contributed by atoms with Crippen LogP contribution in [0.1, 0.15) is 25.7 Å². The van der Waals surface area contributed by atoms with Crippen LogP contribution in [0.3, 0.4) is 0 Å². The fourth-order valence-electron chi connectivity index (χ4n) is 14.3. The summed E-state index contributed by atoms with van der Waals surface area (Å²) < 4.78 is 106. The minimum absolute atomic E-state index is 0.134. The Morgan fingerprint density at radius 3 is 0.798 bits per heavy atom. The minimum Gasteiger partial charge on any atom is -0.394 e. The molecule has 49 heteroatoms. The Hall–Kier alpha value is -2.53. The highest BCUT2D eigenvalue weighted by molar-refractivity contribution is 5.02. The zero-order valence-electron chi connectivity index (χ0n) is 57.5. The van der Waals surface area contributed by atoms with Crippen molar-refractivity contribution in [3.05, 3.63) is 10.4 Å². The van der Waals surface area contributed by atoms with Gasteiger partial charge >= 0.3 is 0 Å². The fraction of sp³-hybridized carbons (Fsp3) is 1.00. The predicted molar refractivity (Wildman–Crippen MR) is 331 cm³/mol. The lowest BCUT2D eigenvalue weighted by Crippen LogP contribution is -2.68. The molecule has 0 radical (unpaired) electrons. The van der Waals surface area contributed by atoms with E-state index in [0.29, 0.717) is 0 Å². The summed E-state index contributed by atoms with van der Waals surface area (Å²) in [6, 6.07) is -0.505. The van der Waals surface area contributed by atoms with Crippen molar-refractivity contribution >= 4 is 0 Å². The Kier molecular flexibility index (Phi) is 31.9. The molecule has 0 bridgehead atoms. The van der Waals surface area contributed by atoms with Crippen molar-refractivity contribution in [3.8, 4) is 0 Å². The van der Waals surface area contributed by atoms with Gasteiger partial charge in [-0.1, -0.05) is 5.11 Å². The van der Waals surface area contributed by atoms with Crippen LogP contribution in [0, 0.1) is 0 Å². The van der Waals surface area contributed by atoms with Crippen LogP contribution in [0.5, 0.6) is 0 Å². The van der Waals surface area contributed by atoms with Gasteiger partial charge in [0.1, 0.15) is 220 Å². The van der Waals surface area contributed by atoms with E-state index in [0.717, 1.165) is 0 Å². The lowest BCUT2D eigenvalue weighted by atomic mass is 9.93. The smallest absolute Gasteiger partial charge is 0.187 e. The van der Waals surface area contributed by atoms with Gasteiger partial charge in [0.2, 0.25) is 0 Å². The molecule has 49 nitrogen and oxygen atoms in total. The zero-order chi connectivity index (χ0) is 79.5. The molecule has 45 atom stereocenters. The maximum absolute atomic E-state index is 12.5. The molecular formula is C60H101N3O46. The van der Waals surface area contributed by atoms with Crippen LogP contribution in [0.15, 0.2) is 5.11 Å². The summed E-state index contributed by atoms with van der Waals surface area (Å²) in [5.41, 5.74) is 9.16. The van der Waals surface area contributed by atoms with Crippen LogP contribution in [-0.4, -0.2) is 491 Å². The Balaban J connectivity index is 0.966. The predicted octanol–water partition coefficient (Wildman–Crippen LogP) is -18.0. The third-order valence-electron chi connectivity index (χ3n) is 20.9. The summed E-state index contributed by atoms with van der Waals surface area (Å²) in [5.74, 6) is 0. The van der Waals surface area contributed by atoms with Gasteiger partial charge in [0.05, 0.1) is 65.6 Å². The van der Waals surface area contributed by atoms with E-state index >= 15 is 0 Å². The summed E-state index contributed by atoms with van der Waals surface area (Å²) in [7, 11) is 0. The van der Waals surface area contributed by atoms with Crippen LogP contribution < -0.4 is 0 Å². The molecule has 10 rings (SSSR count). The second kappa shape index (κ2) is 39.2. The van der Waals surface area contributed by atoms with E-state index in [1.807, 2.05) is 0 Å². The van der Waals surface area contributed by atoms with Crippen LogP contribution in [0.2, 0.25) is 0 Å². The number of hydrogen-bond acceptors (Lipinski definition) is 47. The maximum atomic E-state index is 12.5. The number of hydrogen-bond donors (Lipinski definition) is 28. The third-order valence-corrected chi connectivity index (χ3v) is 20.9. The molecule has 28 N–H and O–H groups in total. The van der Waals surface area contributed by atoms with Crippen molar-refractivity contribution in [1.82, 2.24) is 0 Å². The van der Waals surface area contributed by atoms with Crippen molar-refractivity contribution < 1.29 is 228 Å². The number of nitrogens with zero attached hydrogens (tertiary/aromatic N) is 3. The molecule has 0 amide bonds. The summed E-state index contributed by atoms with van der Waals surface area (Å²) in [4.78, 5) is 2.85. The molecule has 23 unspecified atom stereocenters. The molecule has 0 aromatic rings. The lowest BCUT2D eigenvalue weighted by Gasteiger charge is -2.50. The molecule has 632 valence electrons. The SMILES string of the molecule is [N-]=[N+]=NC1CCC(O[C@@H]2OC(CO[C@H]3OC(CO[C@H]4OC(CO)[C@@H](O)[C@H](O)C4O[C@H]4OC(CO)[C@@H](O)[C@H](O)C4O)[C@@H](O)[C@H](O[C@H]4OC(CO)[C@@H](O)C(O)C4O[C@H]4OC(CO)[C@@H](O)C(O)C4O)C3O)[C@@H](O)[C@H](O[C@H]3OC(CO)[C@@H](O)C(O)C3O[C@H]3OC(CO)[C@@H](O)C(O)C3O[C@H]3OC(CO)[C@@H](O)C(O)C3O)C2O)CC1. The summed E-state index contributed by atoms with van der Waals surface area (Å²) in [6.45, 7) is -9.50. The molecule has 10 aliphatic rings. The van der Waals surface area contributed by atoms with Gasteiger partial charge in [-0.25, -0.2) is 0 Å². The van der Waals surface area contributed by atoms with E-state index in [4.69, 9.17) is 90.8 Å². The number of azide groups is 1. The molecule has 0 aromatic carbocycles. The summed E-state index contributed by atoms with van der Waals surface area (Å²) in [6.07, 6.45) is -94.3. The average Bonchev–Trinajstić information content (AvgIpc) is 0.783. The first-order valence-electron chi connectivity index (χ1n) is 35.2. The molecule has 9 heterocycles. The molecule has 10 fully saturated rings. The van der Waals surface area contributed by atoms with Gasteiger partial charge in [-0.3, -0.25) is 0 Å². The van der Waals surface area contributed by atoms with E-state index in [1.165, 1.54) is 0 Å². The van der Waals surface area contributed by atoms with E-state index in [-0.39, 0.29) is 25.7 Å². The zero-order valence-corrected chi connectivity index (χ0v) is 57.5. The lowest BCUT2D eigenvalue weighted by molar-refractivity contribution is -0.406. The number of rotatable bonds is 28. The monoisotopic (exact) mass is 1600 g/mol. The van der Waals surface area contributed by atoms with Gasteiger partial charge in [-0.15, -0.1) is 0 Å². The minimum atomic E-state index is -2.45. The summed E-state index contributed by atoms with van der Waals surface area (Å²) >= 11 is 0. The molecule has 9 aliphatic heterocycles. The van der Waals surface area contributed by atoms with Crippen LogP contribution >= 0.6 is 0 Å². The van der Waals surface area contributed by atoms with Crippen molar-refractivity contribution in [3.63, 3.8) is 0 Å². The van der Waals surface area contributed by atoms with E-state index in [2.05, 4.69) is 10.0 Å². The van der Waals surface area contributed by atoms with Gasteiger partial charge in [0.15, 0.2) is 56.6 Å². The average molecular weight is 1600 g/mol. The highest BCUT2D eigenvalue weighted by Gasteiger charge is 2.60. The van der Waals surface area contributed by atoms with Gasteiger partial charge in [0, 0.05) is 11.0 Å². The maximum Gasteiger partial charge on any atom is 0.187 e. The number of aliphatic hydroxyl groups is 28. The quantitative estimate of drug-likeness (QED) is 0.0196. The van der Waals surface area contributed by atoms with Crippen molar-refractivity contribution in [2.75, 3.05) is 59.5 Å². The van der Waals surface area contributed by atoms with E-state index in [9.17, 15) is 143 Å². The van der Waals surface area contributed by atoms with Crippen molar-refractivity contribution in [2.45, 2.75) is 314 Å². The first-order valence-corrected chi connectivity index (χ1v) is 35.2. The molecule has 0 spiro atoms. The Bertz CT molecular complexity index is 2800. The van der Waals surface area contributed by atoms with Gasteiger partial charge < -0.3 is 228 Å². The molecule has 1 aliphatic carbocycles. The van der Waals surface area contributed by atoms with Crippen LogP contribution in [0.4, 0.5) is 0 Å². The molecular weight excluding hydrogens is 1500 g/mol. The largest absolute Gasteiger partial charge is 0.394 e. The topological polar surface area (TPSA) is 781 Å². The fourth-order valence-corrected chi connectivity index (χ4v) is 14.3. The van der Waals surface area contributed by atoms with E-state index < -0.39 is 348 Å². The standard InChI is InChI=1S/C60H101N3O46/c61-63-62-14-1-3-15(4-2-14)94-56-45(91)47(105-59-51(40(86)31(77)21(10-69)100-59)109-60-50(39(85)30(76)22(11-70)101-60)108-55-43(89)36(82)27(73)18(7-66)97-55)33(79)24(103-56)12-92-52-44(90)46(104-58-49(38(84)29(75)20(9-68)99-58)107-54-42(88)35(81)26(72)17(6-65)96-54)32(78)23(102-52)13-93-57-48(37(83)28(74)19(8-67)98-57)106-53-41(87)34(80)25(71)16(5-64)95-53/h14-60,64-91H,1-13H2/t14?,15?,16?,17?,18?,19?,20?,21?,22?,23?,24?,25-,26-,27-,28-,29-,30-,31-,32-,33-,34+,35?,36?,37+,38?,39?,40?,41?,42?,43?,44?,45?,46+,47+,48?,49?,50?,51?,52+,53-,54-,55-,56-,57+,58-,59-,60-/m1/s1. The molecule has 0 aromatic heterocycles. The Morgan fingerprint density at radius 1 is 0.239 bits per heavy atom. The summed E-state index contributed by atoms with van der Waals surface area (Å²) in [5, 5.41) is 311. The molecule has 109 heavy (non-hydrogen) atoms. The molecule has 9 saturated heterocycles. The highest BCUT2D eigenvalue weighted by atomic mass is 16.8. The first kappa shape index (κ1) is 88.8. The van der Waals surface area contributed by atoms with Crippen molar-refractivity contribution in [1.29, 1.82) is 0 Å². The first-order chi connectivity index (χ1) is 51.9. The van der Waals surface area contributed by atoms with E-state index in [1.54, 1.807) is 0 Å².